The number of ketones is 1. The molecule has 0 spiro atoms. The van der Waals surface area contributed by atoms with Gasteiger partial charge in [-0.15, -0.1) is 0 Å². The van der Waals surface area contributed by atoms with E-state index >= 15 is 0 Å². The molecule has 1 aliphatic rings. The van der Waals surface area contributed by atoms with E-state index in [0.717, 1.165) is 10.9 Å². The molecule has 0 saturated heterocycles. The Bertz CT molecular complexity index is 1240. The summed E-state index contributed by atoms with van der Waals surface area (Å²) in [4.78, 5) is 41.5. The first-order valence-corrected chi connectivity index (χ1v) is 10.3. The van der Waals surface area contributed by atoms with Gasteiger partial charge in [0.15, 0.2) is 0 Å². The fraction of sp³-hybridized carbons (Fsp3) is 0.250. The SMILES string of the molecule is CCOC(=O)CC1(C)/C(=C/C(=O)c2cc3ccccc3[nH]2)N(C)c2ccc([N+](=O)[O-])cc21. The summed E-state index contributed by atoms with van der Waals surface area (Å²) in [6.45, 7) is 3.75. The van der Waals surface area contributed by atoms with E-state index in [9.17, 15) is 19.7 Å². The molecular weight excluding hydrogens is 410 g/mol. The molecule has 164 valence electrons. The zero-order valence-electron chi connectivity index (χ0n) is 18.0. The van der Waals surface area contributed by atoms with Crippen LogP contribution >= 0.6 is 0 Å². The van der Waals surface area contributed by atoms with Crippen molar-refractivity contribution in [3.8, 4) is 0 Å². The Hall–Kier alpha value is -3.94. The van der Waals surface area contributed by atoms with Crippen LogP contribution in [0, 0.1) is 10.1 Å². The quantitative estimate of drug-likeness (QED) is 0.202. The van der Waals surface area contributed by atoms with Crippen LogP contribution < -0.4 is 4.90 Å². The van der Waals surface area contributed by atoms with Gasteiger partial charge in [0.2, 0.25) is 5.78 Å². The van der Waals surface area contributed by atoms with E-state index in [-0.39, 0.29) is 24.5 Å². The van der Waals surface area contributed by atoms with Crippen LogP contribution in [0.15, 0.2) is 60.3 Å². The first-order valence-electron chi connectivity index (χ1n) is 10.3. The van der Waals surface area contributed by atoms with E-state index in [2.05, 4.69) is 4.98 Å². The number of benzene rings is 2. The molecule has 3 aromatic rings. The fourth-order valence-electron chi connectivity index (χ4n) is 4.36. The zero-order valence-corrected chi connectivity index (χ0v) is 18.0. The molecule has 1 aromatic heterocycles. The number of esters is 1. The first kappa shape index (κ1) is 21.3. The molecule has 2 heterocycles. The van der Waals surface area contributed by atoms with Crippen LogP contribution in [-0.4, -0.2) is 35.3 Å². The van der Waals surface area contributed by atoms with Gasteiger partial charge < -0.3 is 14.6 Å². The van der Waals surface area contributed by atoms with Gasteiger partial charge in [0.25, 0.3) is 5.69 Å². The maximum atomic E-state index is 13.2. The highest BCUT2D eigenvalue weighted by molar-refractivity contribution is 6.07. The predicted octanol–water partition coefficient (Wildman–Crippen LogP) is 4.50. The Morgan fingerprint density at radius 1 is 1.22 bits per heavy atom. The summed E-state index contributed by atoms with van der Waals surface area (Å²) in [5.41, 5.74) is 2.12. The summed E-state index contributed by atoms with van der Waals surface area (Å²) in [6.07, 6.45) is 1.45. The third-order valence-corrected chi connectivity index (χ3v) is 5.94. The Morgan fingerprint density at radius 2 is 1.97 bits per heavy atom. The number of nitrogens with one attached hydrogen (secondary N) is 1. The molecule has 2 aromatic carbocycles. The number of nitro groups is 1. The number of rotatable bonds is 6. The Balaban J connectivity index is 1.81. The number of H-pyrrole nitrogens is 1. The Labute approximate surface area is 184 Å². The van der Waals surface area contributed by atoms with Gasteiger partial charge >= 0.3 is 5.97 Å². The van der Waals surface area contributed by atoms with Gasteiger partial charge in [0.1, 0.15) is 0 Å². The highest BCUT2D eigenvalue weighted by Crippen LogP contribution is 2.50. The number of nitro benzene ring substituents is 1. The highest BCUT2D eigenvalue weighted by atomic mass is 16.6. The first-order chi connectivity index (χ1) is 15.2. The lowest BCUT2D eigenvalue weighted by atomic mass is 9.78. The topological polar surface area (TPSA) is 106 Å². The predicted molar refractivity (Wildman–Crippen MR) is 121 cm³/mol. The van der Waals surface area contributed by atoms with Gasteiger partial charge in [0, 0.05) is 53.0 Å². The molecule has 0 fully saturated rings. The van der Waals surface area contributed by atoms with E-state index in [1.165, 1.54) is 18.2 Å². The van der Waals surface area contributed by atoms with E-state index in [0.29, 0.717) is 22.6 Å². The van der Waals surface area contributed by atoms with Gasteiger partial charge in [-0.2, -0.15) is 0 Å². The fourth-order valence-corrected chi connectivity index (χ4v) is 4.36. The third-order valence-electron chi connectivity index (χ3n) is 5.94. The average molecular weight is 433 g/mol. The van der Waals surface area contributed by atoms with Crippen molar-refractivity contribution in [1.29, 1.82) is 0 Å². The highest BCUT2D eigenvalue weighted by Gasteiger charge is 2.45. The molecule has 1 unspecified atom stereocenters. The van der Waals surface area contributed by atoms with Crippen molar-refractivity contribution in [2.75, 3.05) is 18.6 Å². The number of ether oxygens (including phenoxy) is 1. The third kappa shape index (κ3) is 3.53. The van der Waals surface area contributed by atoms with Crippen molar-refractivity contribution in [2.24, 2.45) is 0 Å². The standard InChI is InChI=1S/C24H23N3O5/c1-4-32-23(29)14-24(2)17-12-16(27(30)31)9-10-20(17)26(3)22(24)13-21(28)19-11-15-7-5-6-8-18(15)25-19/h5-13,25H,4,14H2,1-3H3/b22-13-. The number of anilines is 1. The number of fused-ring (bicyclic) bond motifs is 2. The van der Waals surface area contributed by atoms with Crippen LogP contribution in [0.4, 0.5) is 11.4 Å². The molecule has 0 aliphatic carbocycles. The lowest BCUT2D eigenvalue weighted by molar-refractivity contribution is -0.384. The minimum absolute atomic E-state index is 0.0504. The Morgan fingerprint density at radius 3 is 2.66 bits per heavy atom. The number of aromatic nitrogens is 1. The molecule has 0 bridgehead atoms. The van der Waals surface area contributed by atoms with Gasteiger partial charge in [-0.1, -0.05) is 18.2 Å². The summed E-state index contributed by atoms with van der Waals surface area (Å²) in [5.74, 6) is -0.688. The van der Waals surface area contributed by atoms with E-state index < -0.39 is 16.3 Å². The van der Waals surface area contributed by atoms with Crippen LogP contribution in [0.5, 0.6) is 0 Å². The lowest BCUT2D eigenvalue weighted by Gasteiger charge is -2.27. The van der Waals surface area contributed by atoms with E-state index in [1.807, 2.05) is 24.3 Å². The number of nitrogens with zero attached hydrogens (tertiary/aromatic N) is 2. The molecule has 1 aliphatic heterocycles. The van der Waals surface area contributed by atoms with E-state index in [1.54, 1.807) is 37.9 Å². The van der Waals surface area contributed by atoms with Crippen molar-refractivity contribution in [3.05, 3.63) is 81.7 Å². The van der Waals surface area contributed by atoms with Crippen molar-refractivity contribution in [3.63, 3.8) is 0 Å². The number of hydrogen-bond donors (Lipinski definition) is 1. The number of likely N-dealkylation sites (N-methyl/N-ethyl adjacent to an activating group) is 1. The normalized spacial score (nSPS) is 18.7. The van der Waals surface area contributed by atoms with E-state index in [4.69, 9.17) is 4.74 Å². The molecule has 0 saturated carbocycles. The molecule has 32 heavy (non-hydrogen) atoms. The van der Waals surface area contributed by atoms with Crippen LogP contribution in [0.3, 0.4) is 0 Å². The number of non-ortho nitro benzene ring substituents is 1. The Kier molecular flexibility index (Phi) is 5.30. The summed E-state index contributed by atoms with van der Waals surface area (Å²) in [7, 11) is 1.78. The summed E-state index contributed by atoms with van der Waals surface area (Å²) >= 11 is 0. The smallest absolute Gasteiger partial charge is 0.307 e. The molecule has 4 rings (SSSR count). The number of aromatic amines is 1. The molecule has 1 atom stereocenters. The van der Waals surface area contributed by atoms with Crippen molar-refractivity contribution in [1.82, 2.24) is 4.98 Å². The van der Waals surface area contributed by atoms with Gasteiger partial charge in [-0.25, -0.2) is 0 Å². The maximum Gasteiger partial charge on any atom is 0.307 e. The van der Waals surface area contributed by atoms with Crippen LogP contribution in [-0.2, 0) is 14.9 Å². The van der Waals surface area contributed by atoms with Crippen LogP contribution in [0.25, 0.3) is 10.9 Å². The summed E-state index contributed by atoms with van der Waals surface area (Å²) in [5, 5.41) is 12.3. The van der Waals surface area contributed by atoms with Crippen molar-refractivity contribution < 1.29 is 19.2 Å². The second kappa shape index (κ2) is 7.96. The summed E-state index contributed by atoms with van der Waals surface area (Å²) < 4.78 is 5.17. The average Bonchev–Trinajstić information content (AvgIpc) is 3.28. The summed E-state index contributed by atoms with van der Waals surface area (Å²) in [6, 6.07) is 13.9. The lowest BCUT2D eigenvalue weighted by Crippen LogP contribution is -2.30. The second-order valence-electron chi connectivity index (χ2n) is 8.00. The van der Waals surface area contributed by atoms with Gasteiger partial charge in [-0.3, -0.25) is 19.7 Å². The number of carbonyl (C=O) groups is 2. The monoisotopic (exact) mass is 433 g/mol. The van der Waals surface area contributed by atoms with Gasteiger partial charge in [0.05, 0.1) is 23.6 Å². The van der Waals surface area contributed by atoms with Crippen LogP contribution in [0.2, 0.25) is 0 Å². The molecular formula is C24H23N3O5. The second-order valence-corrected chi connectivity index (χ2v) is 8.00. The molecule has 8 nitrogen and oxygen atoms in total. The maximum absolute atomic E-state index is 13.2. The molecule has 0 amide bonds. The number of para-hydroxylation sites is 1. The van der Waals surface area contributed by atoms with Crippen molar-refractivity contribution in [2.45, 2.75) is 25.7 Å². The largest absolute Gasteiger partial charge is 0.466 e. The minimum atomic E-state index is -0.968. The minimum Gasteiger partial charge on any atom is -0.466 e. The zero-order chi connectivity index (χ0) is 23.0. The molecule has 8 heteroatoms. The van der Waals surface area contributed by atoms with Gasteiger partial charge in [-0.05, 0) is 37.6 Å². The number of hydrogen-bond acceptors (Lipinski definition) is 6. The van der Waals surface area contributed by atoms with Crippen molar-refractivity contribution >= 4 is 34.0 Å². The number of carbonyl (C=O) groups excluding carboxylic acids is 2. The van der Waals surface area contributed by atoms with Crippen LogP contribution in [0.1, 0.15) is 36.3 Å². The number of allylic oxidation sites excluding steroid dienone is 2. The molecule has 1 N–H and O–H groups in total. The molecule has 0 radical (unpaired) electrons.